The van der Waals surface area contributed by atoms with Crippen LogP contribution in [0, 0.1) is 0 Å². The summed E-state index contributed by atoms with van der Waals surface area (Å²) in [5, 5.41) is 0. The van der Waals surface area contributed by atoms with Gasteiger partial charge < -0.3 is 14.5 Å². The average Bonchev–Trinajstić information content (AvgIpc) is 3.21. The number of fused-ring (bicyclic) bond motifs is 1. The van der Waals surface area contributed by atoms with Gasteiger partial charge in [-0.1, -0.05) is 0 Å². The number of methoxy groups -OCH3 is 1. The summed E-state index contributed by atoms with van der Waals surface area (Å²) in [7, 11) is 1.67. The lowest BCUT2D eigenvalue weighted by Gasteiger charge is -2.26. The zero-order chi connectivity index (χ0) is 19.5. The molecule has 0 bridgehead atoms. The predicted molar refractivity (Wildman–Crippen MR) is 110 cm³/mol. The Morgan fingerprint density at radius 2 is 2.00 bits per heavy atom. The summed E-state index contributed by atoms with van der Waals surface area (Å²) in [5.41, 5.74) is 1.39. The zero-order valence-electron chi connectivity index (χ0n) is 16.8. The van der Waals surface area contributed by atoms with Gasteiger partial charge in [0.1, 0.15) is 0 Å². The molecule has 7 heteroatoms. The normalized spacial score (nSPS) is 23.8. The monoisotopic (exact) mass is 405 g/mol. The van der Waals surface area contributed by atoms with E-state index < -0.39 is 0 Å². The van der Waals surface area contributed by atoms with Gasteiger partial charge in [-0.05, 0) is 50.2 Å². The Balaban J connectivity index is 1.35. The summed E-state index contributed by atoms with van der Waals surface area (Å²) in [4.78, 5) is 34.3. The van der Waals surface area contributed by atoms with Gasteiger partial charge in [0.05, 0.1) is 17.5 Å². The van der Waals surface area contributed by atoms with Crippen LogP contribution in [-0.2, 0) is 22.4 Å². The molecule has 0 aromatic carbocycles. The Bertz CT molecular complexity index is 696. The third-order valence-corrected chi connectivity index (χ3v) is 7.53. The van der Waals surface area contributed by atoms with Gasteiger partial charge in [-0.25, -0.2) is 0 Å². The van der Waals surface area contributed by atoms with Crippen LogP contribution in [0.3, 0.4) is 0 Å². The fourth-order valence-corrected chi connectivity index (χ4v) is 5.91. The number of carbonyl (C=O) groups is 2. The summed E-state index contributed by atoms with van der Waals surface area (Å²) >= 11 is 1.70. The number of thiophene rings is 1. The minimum absolute atomic E-state index is 0.0269. The van der Waals surface area contributed by atoms with Gasteiger partial charge in [-0.3, -0.25) is 14.5 Å². The fraction of sp³-hybridized carbons (Fsp3) is 0.714. The van der Waals surface area contributed by atoms with Crippen molar-refractivity contribution in [3.8, 4) is 0 Å². The highest BCUT2D eigenvalue weighted by Gasteiger charge is 2.36. The van der Waals surface area contributed by atoms with E-state index in [1.807, 2.05) is 9.80 Å². The number of carbonyl (C=O) groups excluding carboxylic acids is 2. The Morgan fingerprint density at radius 3 is 2.82 bits per heavy atom. The number of nitrogens with zero attached hydrogens (tertiary/aromatic N) is 3. The lowest BCUT2D eigenvalue weighted by molar-refractivity contribution is -0.132. The molecule has 2 aliphatic heterocycles. The number of hydrogen-bond acceptors (Lipinski definition) is 5. The van der Waals surface area contributed by atoms with Crippen LogP contribution in [0.1, 0.15) is 45.8 Å². The van der Waals surface area contributed by atoms with E-state index in [0.29, 0.717) is 19.7 Å². The van der Waals surface area contributed by atoms with Crippen molar-refractivity contribution in [2.75, 3.05) is 53.0 Å². The third-order valence-electron chi connectivity index (χ3n) is 6.30. The van der Waals surface area contributed by atoms with Crippen LogP contribution in [0.4, 0.5) is 0 Å². The SMILES string of the molecule is COCCN1CCC(N2CCCN(C(=O)c3cc4c(s3)CCCC4)CC2)C1=O. The topological polar surface area (TPSA) is 53.1 Å². The first-order valence-electron chi connectivity index (χ1n) is 10.6. The minimum atomic E-state index is -0.0269. The van der Waals surface area contributed by atoms with Gasteiger partial charge in [0.25, 0.3) is 5.91 Å². The molecule has 0 N–H and O–H groups in total. The Morgan fingerprint density at radius 1 is 1.14 bits per heavy atom. The molecule has 2 amide bonds. The van der Waals surface area contributed by atoms with E-state index in [4.69, 9.17) is 4.74 Å². The average molecular weight is 406 g/mol. The first kappa shape index (κ1) is 19.9. The lowest BCUT2D eigenvalue weighted by Crippen LogP contribution is -2.44. The van der Waals surface area contributed by atoms with Crippen molar-refractivity contribution in [3.63, 3.8) is 0 Å². The number of rotatable bonds is 5. The molecule has 3 heterocycles. The molecule has 2 saturated heterocycles. The molecule has 0 spiro atoms. The summed E-state index contributed by atoms with van der Waals surface area (Å²) < 4.78 is 5.11. The predicted octanol–water partition coefficient (Wildman–Crippen LogP) is 2.02. The Hall–Kier alpha value is -1.44. The largest absolute Gasteiger partial charge is 0.383 e. The van der Waals surface area contributed by atoms with Crippen LogP contribution in [-0.4, -0.2) is 85.5 Å². The van der Waals surface area contributed by atoms with E-state index in [-0.39, 0.29) is 17.9 Å². The summed E-state index contributed by atoms with van der Waals surface area (Å²) in [5.74, 6) is 0.406. The second-order valence-corrected chi connectivity index (χ2v) is 9.21. The van der Waals surface area contributed by atoms with Crippen molar-refractivity contribution in [3.05, 3.63) is 21.4 Å². The third kappa shape index (κ3) is 4.11. The van der Waals surface area contributed by atoms with Crippen LogP contribution < -0.4 is 0 Å². The molecule has 3 aliphatic rings. The minimum Gasteiger partial charge on any atom is -0.383 e. The molecule has 4 rings (SSSR count). The van der Waals surface area contributed by atoms with Gasteiger partial charge in [-0.15, -0.1) is 11.3 Å². The fourth-order valence-electron chi connectivity index (χ4n) is 4.69. The van der Waals surface area contributed by atoms with Crippen molar-refractivity contribution in [1.29, 1.82) is 0 Å². The van der Waals surface area contributed by atoms with Gasteiger partial charge in [0, 0.05) is 51.3 Å². The summed E-state index contributed by atoms with van der Waals surface area (Å²) in [6, 6.07) is 2.11. The Labute approximate surface area is 171 Å². The van der Waals surface area contributed by atoms with Gasteiger partial charge in [-0.2, -0.15) is 0 Å². The van der Waals surface area contributed by atoms with Crippen molar-refractivity contribution in [2.24, 2.45) is 0 Å². The van der Waals surface area contributed by atoms with E-state index in [0.717, 1.165) is 56.7 Å². The molecule has 0 radical (unpaired) electrons. The second kappa shape index (κ2) is 8.93. The van der Waals surface area contributed by atoms with Crippen molar-refractivity contribution < 1.29 is 14.3 Å². The van der Waals surface area contributed by atoms with E-state index in [1.54, 1.807) is 18.4 Å². The highest BCUT2D eigenvalue weighted by molar-refractivity contribution is 7.14. The van der Waals surface area contributed by atoms with Crippen LogP contribution in [0.25, 0.3) is 0 Å². The number of likely N-dealkylation sites (tertiary alicyclic amines) is 1. The van der Waals surface area contributed by atoms with E-state index in [1.165, 1.54) is 23.3 Å². The van der Waals surface area contributed by atoms with Gasteiger partial charge in [0.2, 0.25) is 5.91 Å². The number of hydrogen-bond donors (Lipinski definition) is 0. The molecule has 1 unspecified atom stereocenters. The van der Waals surface area contributed by atoms with E-state index in [9.17, 15) is 9.59 Å². The molecule has 1 aromatic rings. The van der Waals surface area contributed by atoms with Crippen LogP contribution in [0.5, 0.6) is 0 Å². The maximum absolute atomic E-state index is 13.1. The van der Waals surface area contributed by atoms with Crippen molar-refractivity contribution >= 4 is 23.2 Å². The lowest BCUT2D eigenvalue weighted by atomic mass is 9.99. The van der Waals surface area contributed by atoms with Crippen LogP contribution >= 0.6 is 11.3 Å². The van der Waals surface area contributed by atoms with Gasteiger partial charge in [0.15, 0.2) is 0 Å². The van der Waals surface area contributed by atoms with Crippen LogP contribution in [0.15, 0.2) is 6.07 Å². The molecule has 1 atom stereocenters. The zero-order valence-corrected chi connectivity index (χ0v) is 17.6. The molecule has 0 saturated carbocycles. The van der Waals surface area contributed by atoms with Crippen LogP contribution in [0.2, 0.25) is 0 Å². The highest BCUT2D eigenvalue weighted by Crippen LogP contribution is 2.30. The molecule has 28 heavy (non-hydrogen) atoms. The van der Waals surface area contributed by atoms with Crippen molar-refractivity contribution in [1.82, 2.24) is 14.7 Å². The maximum Gasteiger partial charge on any atom is 0.263 e. The molecular formula is C21H31N3O3S. The standard InChI is InChI=1S/C21H31N3O3S/c1-27-14-13-24-10-7-17(20(24)25)22-8-4-9-23(12-11-22)21(26)19-15-16-5-2-3-6-18(16)28-19/h15,17H,2-14H2,1H3. The number of ether oxygens (including phenoxy) is 1. The number of amides is 2. The molecule has 6 nitrogen and oxygen atoms in total. The summed E-state index contributed by atoms with van der Waals surface area (Å²) in [6.45, 7) is 5.24. The van der Waals surface area contributed by atoms with Crippen molar-refractivity contribution in [2.45, 2.75) is 44.6 Å². The highest BCUT2D eigenvalue weighted by atomic mass is 32.1. The molecular weight excluding hydrogens is 374 g/mol. The van der Waals surface area contributed by atoms with E-state index in [2.05, 4.69) is 11.0 Å². The van der Waals surface area contributed by atoms with E-state index >= 15 is 0 Å². The first-order chi connectivity index (χ1) is 13.7. The number of aryl methyl sites for hydroxylation is 2. The summed E-state index contributed by atoms with van der Waals surface area (Å²) in [6.07, 6.45) is 6.55. The Kier molecular flexibility index (Phi) is 6.33. The molecule has 1 aliphatic carbocycles. The quantitative estimate of drug-likeness (QED) is 0.752. The molecule has 1 aromatic heterocycles. The maximum atomic E-state index is 13.1. The van der Waals surface area contributed by atoms with Gasteiger partial charge >= 0.3 is 0 Å². The first-order valence-corrected chi connectivity index (χ1v) is 11.4. The smallest absolute Gasteiger partial charge is 0.263 e. The molecule has 154 valence electrons. The second-order valence-electron chi connectivity index (χ2n) is 8.07. The molecule has 2 fully saturated rings.